The Morgan fingerprint density at radius 3 is 2.45 bits per heavy atom. The van der Waals surface area contributed by atoms with Gasteiger partial charge in [-0.2, -0.15) is 0 Å². The molecule has 0 aliphatic carbocycles. The minimum absolute atomic E-state index is 0.00989. The van der Waals surface area contributed by atoms with Crippen molar-refractivity contribution in [3.05, 3.63) is 59.2 Å². The molecule has 0 bridgehead atoms. The molecule has 1 aliphatic heterocycles. The van der Waals surface area contributed by atoms with Crippen molar-refractivity contribution < 1.29 is 22.7 Å². The Labute approximate surface area is 177 Å². The smallest absolute Gasteiger partial charge is 0.316 e. The number of rotatable bonds is 6. The number of nitrogens with one attached hydrogen (secondary N) is 2. The number of carbonyl (C=O) groups excluding carboxylic acids is 1. The lowest BCUT2D eigenvalue weighted by molar-refractivity contribution is -0.119. The molecule has 1 saturated heterocycles. The van der Waals surface area contributed by atoms with E-state index in [4.69, 9.17) is 9.15 Å². The molecule has 2 unspecified atom stereocenters. The van der Waals surface area contributed by atoms with E-state index in [1.54, 1.807) is 0 Å². The second-order valence-corrected chi connectivity index (χ2v) is 7.67. The van der Waals surface area contributed by atoms with Crippen LogP contribution in [0.1, 0.15) is 36.8 Å². The van der Waals surface area contributed by atoms with Crippen molar-refractivity contribution in [2.75, 3.05) is 19.0 Å². The number of methoxy groups -OCH3 is 1. The van der Waals surface area contributed by atoms with E-state index < -0.39 is 29.5 Å². The van der Waals surface area contributed by atoms with Gasteiger partial charge in [0.05, 0.1) is 7.11 Å². The average molecular weight is 428 g/mol. The van der Waals surface area contributed by atoms with Crippen LogP contribution in [0.5, 0.6) is 5.75 Å². The fourth-order valence-corrected chi connectivity index (χ4v) is 3.63. The highest BCUT2D eigenvalue weighted by atomic mass is 19.1. The molecule has 9 heteroatoms. The van der Waals surface area contributed by atoms with E-state index >= 15 is 0 Å². The van der Waals surface area contributed by atoms with Crippen LogP contribution in [0.4, 0.5) is 14.8 Å². The maximum absolute atomic E-state index is 14.6. The molecule has 31 heavy (non-hydrogen) atoms. The first kappa shape index (κ1) is 20.8. The van der Waals surface area contributed by atoms with Crippen molar-refractivity contribution >= 4 is 11.9 Å². The normalized spacial score (nSPS) is 18.3. The summed E-state index contributed by atoms with van der Waals surface area (Å²) < 4.78 is 39.7. The number of benzene rings is 2. The number of carbonyl (C=O) groups is 1. The van der Waals surface area contributed by atoms with Gasteiger partial charge in [0.25, 0.3) is 0 Å². The Kier molecular flexibility index (Phi) is 5.58. The molecule has 2 atom stereocenters. The number of halogens is 2. The van der Waals surface area contributed by atoms with Crippen LogP contribution in [0.2, 0.25) is 0 Å². The third-order valence-electron chi connectivity index (χ3n) is 5.37. The van der Waals surface area contributed by atoms with Crippen molar-refractivity contribution in [1.29, 1.82) is 0 Å². The van der Waals surface area contributed by atoms with Crippen LogP contribution < -0.4 is 15.4 Å². The lowest BCUT2D eigenvalue weighted by atomic mass is 9.93. The summed E-state index contributed by atoms with van der Waals surface area (Å²) in [5.74, 6) is -2.08. The topological polar surface area (TPSA) is 89.3 Å². The number of amides is 1. The summed E-state index contributed by atoms with van der Waals surface area (Å²) in [6.45, 7) is 4.26. The maximum Gasteiger partial charge on any atom is 0.316 e. The molecule has 2 heterocycles. The van der Waals surface area contributed by atoms with Crippen LogP contribution in [0.3, 0.4) is 0 Å². The molecule has 3 aromatic rings. The molecular formula is C22H22F2N4O3. The Balaban J connectivity index is 1.57. The lowest BCUT2D eigenvalue weighted by Gasteiger charge is -2.19. The first-order valence-electron chi connectivity index (χ1n) is 9.88. The number of anilines is 1. The first-order valence-corrected chi connectivity index (χ1v) is 9.88. The van der Waals surface area contributed by atoms with Gasteiger partial charge < -0.3 is 19.8 Å². The standard InChI is InChI=1S/C22H22F2N4O3/c1-11(2)12-4-6-13(7-5-12)21-27-28-22(31-21)26-19-15(10-25-20(19)29)18-16(23)8-14(30-3)9-17(18)24/h4-9,11,15,19H,10H2,1-3H3,(H,25,29)(H,26,28). The third kappa shape index (κ3) is 4.08. The largest absolute Gasteiger partial charge is 0.497 e. The lowest BCUT2D eigenvalue weighted by Crippen LogP contribution is -2.33. The molecule has 1 amide bonds. The minimum atomic E-state index is -0.978. The third-order valence-corrected chi connectivity index (χ3v) is 5.37. The van der Waals surface area contributed by atoms with Crippen molar-refractivity contribution in [3.8, 4) is 17.2 Å². The van der Waals surface area contributed by atoms with Crippen molar-refractivity contribution in [2.24, 2.45) is 0 Å². The summed E-state index contributed by atoms with van der Waals surface area (Å²) >= 11 is 0. The van der Waals surface area contributed by atoms with Gasteiger partial charge in [0, 0.05) is 35.7 Å². The van der Waals surface area contributed by atoms with Gasteiger partial charge in [0.2, 0.25) is 11.8 Å². The first-order chi connectivity index (χ1) is 14.9. The predicted molar refractivity (Wildman–Crippen MR) is 110 cm³/mol. The molecule has 1 fully saturated rings. The highest BCUT2D eigenvalue weighted by Crippen LogP contribution is 2.33. The summed E-state index contributed by atoms with van der Waals surface area (Å²) in [7, 11) is 1.32. The van der Waals surface area contributed by atoms with Gasteiger partial charge in [-0.1, -0.05) is 31.1 Å². The van der Waals surface area contributed by atoms with Crippen LogP contribution in [-0.2, 0) is 4.79 Å². The van der Waals surface area contributed by atoms with Gasteiger partial charge in [0.15, 0.2) is 0 Å². The van der Waals surface area contributed by atoms with Gasteiger partial charge >= 0.3 is 6.01 Å². The molecule has 2 aromatic carbocycles. The zero-order chi connectivity index (χ0) is 22.1. The second kappa shape index (κ2) is 8.33. The van der Waals surface area contributed by atoms with E-state index in [-0.39, 0.29) is 29.8 Å². The monoisotopic (exact) mass is 428 g/mol. The second-order valence-electron chi connectivity index (χ2n) is 7.67. The quantitative estimate of drug-likeness (QED) is 0.620. The zero-order valence-electron chi connectivity index (χ0n) is 17.3. The number of ether oxygens (including phenoxy) is 1. The molecule has 0 saturated carbocycles. The van der Waals surface area contributed by atoms with Crippen molar-refractivity contribution in [2.45, 2.75) is 31.7 Å². The molecule has 1 aromatic heterocycles. The fraction of sp³-hybridized carbons (Fsp3) is 0.318. The average Bonchev–Trinajstić information content (AvgIpc) is 3.36. The molecule has 7 nitrogen and oxygen atoms in total. The minimum Gasteiger partial charge on any atom is -0.497 e. The van der Waals surface area contributed by atoms with E-state index in [2.05, 4.69) is 34.7 Å². The molecule has 2 N–H and O–H groups in total. The van der Waals surface area contributed by atoms with Crippen LogP contribution in [0.25, 0.3) is 11.5 Å². The molecule has 162 valence electrons. The summed E-state index contributed by atoms with van der Waals surface area (Å²) in [4.78, 5) is 12.4. The maximum atomic E-state index is 14.6. The number of hydrogen-bond donors (Lipinski definition) is 2. The Morgan fingerprint density at radius 2 is 1.84 bits per heavy atom. The highest BCUT2D eigenvalue weighted by molar-refractivity contribution is 5.88. The fourth-order valence-electron chi connectivity index (χ4n) is 3.63. The molecule has 1 aliphatic rings. The van der Waals surface area contributed by atoms with Crippen molar-refractivity contribution in [1.82, 2.24) is 15.5 Å². The molecule has 4 rings (SSSR count). The van der Waals surface area contributed by atoms with E-state index in [1.807, 2.05) is 24.3 Å². The van der Waals surface area contributed by atoms with Gasteiger partial charge in [-0.05, 0) is 23.6 Å². The van der Waals surface area contributed by atoms with Gasteiger partial charge in [-0.3, -0.25) is 4.79 Å². The van der Waals surface area contributed by atoms with E-state index in [0.29, 0.717) is 5.92 Å². The summed E-state index contributed by atoms with van der Waals surface area (Å²) in [6, 6.07) is 8.89. The van der Waals surface area contributed by atoms with Crippen LogP contribution in [-0.4, -0.2) is 35.8 Å². The Morgan fingerprint density at radius 1 is 1.16 bits per heavy atom. The van der Waals surface area contributed by atoms with E-state index in [9.17, 15) is 13.6 Å². The Bertz CT molecular complexity index is 1080. The number of nitrogens with zero attached hydrogens (tertiary/aromatic N) is 2. The summed E-state index contributed by atoms with van der Waals surface area (Å²) in [6.07, 6.45) is 0. The van der Waals surface area contributed by atoms with Crippen LogP contribution in [0, 0.1) is 11.6 Å². The van der Waals surface area contributed by atoms with Gasteiger partial charge in [-0.15, -0.1) is 5.10 Å². The van der Waals surface area contributed by atoms with Crippen LogP contribution in [0.15, 0.2) is 40.8 Å². The zero-order valence-corrected chi connectivity index (χ0v) is 17.3. The summed E-state index contributed by atoms with van der Waals surface area (Å²) in [5.41, 5.74) is 1.70. The van der Waals surface area contributed by atoms with Gasteiger partial charge in [-0.25, -0.2) is 8.78 Å². The number of aromatic nitrogens is 2. The SMILES string of the molecule is COc1cc(F)c(C2CNC(=O)C2Nc2nnc(-c3ccc(C(C)C)cc3)o2)c(F)c1. The predicted octanol–water partition coefficient (Wildman–Crippen LogP) is 3.84. The Hall–Kier alpha value is -3.49. The summed E-state index contributed by atoms with van der Waals surface area (Å²) in [5, 5.41) is 13.4. The van der Waals surface area contributed by atoms with Crippen LogP contribution >= 0.6 is 0 Å². The van der Waals surface area contributed by atoms with Crippen molar-refractivity contribution in [3.63, 3.8) is 0 Å². The molecular weight excluding hydrogens is 406 g/mol. The van der Waals surface area contributed by atoms with E-state index in [1.165, 1.54) is 12.7 Å². The van der Waals surface area contributed by atoms with E-state index in [0.717, 1.165) is 17.7 Å². The molecule has 0 radical (unpaired) electrons. The van der Waals surface area contributed by atoms with Gasteiger partial charge in [0.1, 0.15) is 23.4 Å². The highest BCUT2D eigenvalue weighted by Gasteiger charge is 2.40. The number of hydrogen-bond acceptors (Lipinski definition) is 6. The molecule has 0 spiro atoms.